The number of ether oxygens (including phenoxy) is 1. The molecule has 0 amide bonds. The van der Waals surface area contributed by atoms with Crippen LogP contribution in [0.4, 0.5) is 0 Å². The predicted octanol–water partition coefficient (Wildman–Crippen LogP) is 1.96. The number of rotatable bonds is 6. The van der Waals surface area contributed by atoms with Crippen LogP contribution < -0.4 is 5.32 Å². The first-order valence-electron chi connectivity index (χ1n) is 8.30. The van der Waals surface area contributed by atoms with E-state index in [2.05, 4.69) is 34.3 Å². The third-order valence-electron chi connectivity index (χ3n) is 4.34. The van der Waals surface area contributed by atoms with Crippen molar-refractivity contribution < 1.29 is 4.74 Å². The summed E-state index contributed by atoms with van der Waals surface area (Å²) in [7, 11) is 3.71. The molecule has 8 heteroatoms. The van der Waals surface area contributed by atoms with Crippen molar-refractivity contribution in [1.29, 1.82) is 0 Å². The monoisotopic (exact) mass is 450 g/mol. The van der Waals surface area contributed by atoms with Crippen LogP contribution in [0.2, 0.25) is 0 Å². The molecule has 0 unspecified atom stereocenters. The number of guanidine groups is 1. The van der Waals surface area contributed by atoms with Crippen molar-refractivity contribution >= 4 is 29.9 Å². The fraction of sp³-hybridized carbons (Fsp3) is 0.812. The Hall–Kier alpha value is -0.900. The number of hydrogen-bond acceptors (Lipinski definition) is 4. The topological polar surface area (TPSA) is 67.6 Å². The van der Waals surface area contributed by atoms with Gasteiger partial charge in [0.2, 0.25) is 0 Å². The summed E-state index contributed by atoms with van der Waals surface area (Å²) >= 11 is 0. The Balaban J connectivity index is 0.00000288. The Labute approximate surface area is 162 Å². The second kappa shape index (κ2) is 9.55. The first-order chi connectivity index (χ1) is 10.9. The zero-order chi connectivity index (χ0) is 16.9. The summed E-state index contributed by atoms with van der Waals surface area (Å²) in [5.74, 6) is 2.76. The fourth-order valence-corrected chi connectivity index (χ4v) is 2.71. The van der Waals surface area contributed by atoms with Crippen LogP contribution in [0, 0.1) is 12.3 Å². The lowest BCUT2D eigenvalue weighted by atomic mass is 9.93. The minimum absolute atomic E-state index is 0. The molecule has 0 saturated carbocycles. The van der Waals surface area contributed by atoms with Gasteiger partial charge in [-0.3, -0.25) is 0 Å². The van der Waals surface area contributed by atoms with Gasteiger partial charge in [-0.15, -0.1) is 34.2 Å². The maximum Gasteiger partial charge on any atom is 0.194 e. The molecule has 2 heterocycles. The molecule has 138 valence electrons. The number of halogens is 1. The van der Waals surface area contributed by atoms with Gasteiger partial charge in [-0.25, -0.2) is 4.99 Å². The molecule has 0 spiro atoms. The van der Waals surface area contributed by atoms with Crippen molar-refractivity contribution in [3.05, 3.63) is 11.6 Å². The maximum atomic E-state index is 5.11. The van der Waals surface area contributed by atoms with Crippen LogP contribution in [-0.4, -0.2) is 59.0 Å². The van der Waals surface area contributed by atoms with Gasteiger partial charge in [0.1, 0.15) is 12.4 Å². The number of hydrogen-bond donors (Lipinski definition) is 1. The number of nitrogens with one attached hydrogen (secondary N) is 1. The van der Waals surface area contributed by atoms with E-state index < -0.39 is 0 Å². The molecule has 0 radical (unpaired) electrons. The second-order valence-electron chi connectivity index (χ2n) is 6.97. The number of aromatic nitrogens is 3. The van der Waals surface area contributed by atoms with Crippen LogP contribution in [0.25, 0.3) is 0 Å². The Bertz CT molecular complexity index is 543. The molecule has 1 aliphatic rings. The third kappa shape index (κ3) is 5.87. The SMILES string of the molecule is COCCCNC(=NCc1nnc(C)n1C)N1CCC(C)(C)C1.I. The lowest BCUT2D eigenvalue weighted by Crippen LogP contribution is -2.41. The van der Waals surface area contributed by atoms with Crippen LogP contribution in [0.1, 0.15) is 38.3 Å². The van der Waals surface area contributed by atoms with Crippen molar-refractivity contribution in [1.82, 2.24) is 25.0 Å². The van der Waals surface area contributed by atoms with E-state index in [4.69, 9.17) is 9.73 Å². The molecule has 24 heavy (non-hydrogen) atoms. The van der Waals surface area contributed by atoms with Gasteiger partial charge in [0.15, 0.2) is 11.8 Å². The first kappa shape index (κ1) is 21.1. The highest BCUT2D eigenvalue weighted by Crippen LogP contribution is 2.28. The number of methoxy groups -OCH3 is 1. The summed E-state index contributed by atoms with van der Waals surface area (Å²) in [6, 6.07) is 0. The Morgan fingerprint density at radius 3 is 2.67 bits per heavy atom. The van der Waals surface area contributed by atoms with E-state index in [1.807, 2.05) is 18.5 Å². The maximum absolute atomic E-state index is 5.11. The van der Waals surface area contributed by atoms with E-state index in [-0.39, 0.29) is 24.0 Å². The lowest BCUT2D eigenvalue weighted by Gasteiger charge is -2.24. The van der Waals surface area contributed by atoms with Crippen molar-refractivity contribution in [2.45, 2.75) is 40.2 Å². The van der Waals surface area contributed by atoms with E-state index in [0.717, 1.165) is 50.3 Å². The molecule has 1 fully saturated rings. The number of likely N-dealkylation sites (tertiary alicyclic amines) is 1. The van der Waals surface area contributed by atoms with E-state index in [0.29, 0.717) is 12.0 Å². The average molecular weight is 450 g/mol. The highest BCUT2D eigenvalue weighted by molar-refractivity contribution is 14.0. The van der Waals surface area contributed by atoms with Gasteiger partial charge in [0, 0.05) is 40.4 Å². The van der Waals surface area contributed by atoms with E-state index in [9.17, 15) is 0 Å². The smallest absolute Gasteiger partial charge is 0.194 e. The Morgan fingerprint density at radius 1 is 1.38 bits per heavy atom. The molecular formula is C16H31IN6O. The number of nitrogens with zero attached hydrogens (tertiary/aromatic N) is 5. The van der Waals surface area contributed by atoms with E-state index >= 15 is 0 Å². The van der Waals surface area contributed by atoms with Gasteiger partial charge in [-0.05, 0) is 25.2 Å². The Kier molecular flexibility index (Phi) is 8.41. The van der Waals surface area contributed by atoms with E-state index in [1.165, 1.54) is 6.42 Å². The largest absolute Gasteiger partial charge is 0.385 e. The van der Waals surface area contributed by atoms with Crippen molar-refractivity contribution in [3.8, 4) is 0 Å². The number of aryl methyl sites for hydroxylation is 1. The van der Waals surface area contributed by atoms with E-state index in [1.54, 1.807) is 7.11 Å². The summed E-state index contributed by atoms with van der Waals surface area (Å²) in [4.78, 5) is 7.12. The summed E-state index contributed by atoms with van der Waals surface area (Å²) in [6.45, 7) is 10.8. The zero-order valence-electron chi connectivity index (χ0n) is 15.5. The second-order valence-corrected chi connectivity index (χ2v) is 6.97. The van der Waals surface area contributed by atoms with Crippen LogP contribution in [0.15, 0.2) is 4.99 Å². The van der Waals surface area contributed by atoms with Crippen LogP contribution in [0.3, 0.4) is 0 Å². The molecule has 1 aliphatic heterocycles. The van der Waals surface area contributed by atoms with Gasteiger partial charge < -0.3 is 19.5 Å². The minimum atomic E-state index is 0. The molecule has 7 nitrogen and oxygen atoms in total. The molecule has 0 bridgehead atoms. The molecular weight excluding hydrogens is 419 g/mol. The first-order valence-corrected chi connectivity index (χ1v) is 8.30. The van der Waals surface area contributed by atoms with Gasteiger partial charge in [-0.1, -0.05) is 13.8 Å². The fourth-order valence-electron chi connectivity index (χ4n) is 2.71. The molecule has 1 saturated heterocycles. The molecule has 1 aromatic rings. The lowest BCUT2D eigenvalue weighted by molar-refractivity contribution is 0.195. The van der Waals surface area contributed by atoms with Crippen LogP contribution >= 0.6 is 24.0 Å². The van der Waals surface area contributed by atoms with Crippen LogP contribution in [0.5, 0.6) is 0 Å². The zero-order valence-corrected chi connectivity index (χ0v) is 17.8. The number of aliphatic imine (C=N–C) groups is 1. The Morgan fingerprint density at radius 2 is 2.12 bits per heavy atom. The van der Waals surface area contributed by atoms with Gasteiger partial charge in [-0.2, -0.15) is 0 Å². The summed E-state index contributed by atoms with van der Waals surface area (Å²) in [5, 5.41) is 11.8. The minimum Gasteiger partial charge on any atom is -0.385 e. The van der Waals surface area contributed by atoms with Gasteiger partial charge in [0.05, 0.1) is 0 Å². The molecule has 2 rings (SSSR count). The highest BCUT2D eigenvalue weighted by atomic mass is 127. The molecule has 1 aromatic heterocycles. The normalized spacial score (nSPS) is 17.0. The van der Waals surface area contributed by atoms with Crippen molar-refractivity contribution in [2.24, 2.45) is 17.5 Å². The summed E-state index contributed by atoms with van der Waals surface area (Å²) < 4.78 is 7.10. The standard InChI is InChI=1S/C16H30N6O.HI/c1-13-19-20-14(21(13)4)11-18-15(17-8-6-10-23-5)22-9-7-16(2,3)12-22;/h6-12H2,1-5H3,(H,17,18);1H. The summed E-state index contributed by atoms with van der Waals surface area (Å²) in [6.07, 6.45) is 2.16. The van der Waals surface area contributed by atoms with Crippen molar-refractivity contribution in [2.75, 3.05) is 33.4 Å². The molecule has 0 aromatic carbocycles. The van der Waals surface area contributed by atoms with Crippen LogP contribution in [-0.2, 0) is 18.3 Å². The highest BCUT2D eigenvalue weighted by Gasteiger charge is 2.31. The van der Waals surface area contributed by atoms with Crippen molar-refractivity contribution in [3.63, 3.8) is 0 Å². The molecule has 0 aliphatic carbocycles. The summed E-state index contributed by atoms with van der Waals surface area (Å²) in [5.41, 5.74) is 0.344. The predicted molar refractivity (Wildman–Crippen MR) is 107 cm³/mol. The molecule has 0 atom stereocenters. The molecule has 1 N–H and O–H groups in total. The van der Waals surface area contributed by atoms with Gasteiger partial charge >= 0.3 is 0 Å². The van der Waals surface area contributed by atoms with Gasteiger partial charge in [0.25, 0.3) is 0 Å². The average Bonchev–Trinajstić information content (AvgIpc) is 3.02. The quantitative estimate of drug-likeness (QED) is 0.311. The third-order valence-corrected chi connectivity index (χ3v) is 4.34.